The molecule has 134 valence electrons. The van der Waals surface area contributed by atoms with Gasteiger partial charge in [-0.05, 0) is 42.3 Å². The Kier molecular flexibility index (Phi) is 4.34. The zero-order chi connectivity index (χ0) is 18.3. The van der Waals surface area contributed by atoms with Crippen LogP contribution in [0.1, 0.15) is 12.0 Å². The van der Waals surface area contributed by atoms with Crippen molar-refractivity contribution in [1.82, 2.24) is 9.29 Å². The minimum Gasteiger partial charge on any atom is -0.360 e. The second kappa shape index (κ2) is 6.54. The normalized spacial score (nSPS) is 16.0. The Morgan fingerprint density at radius 1 is 1.15 bits per heavy atom. The lowest BCUT2D eigenvalue weighted by Gasteiger charge is -2.26. The molecule has 0 amide bonds. The first-order chi connectivity index (χ1) is 12.5. The van der Waals surface area contributed by atoms with Crippen molar-refractivity contribution in [2.45, 2.75) is 11.3 Å². The molecule has 0 unspecified atom stereocenters. The maximum absolute atomic E-state index is 13.3. The van der Waals surface area contributed by atoms with Crippen LogP contribution in [0.5, 0.6) is 0 Å². The first-order valence-electron chi connectivity index (χ1n) is 8.17. The third-order valence-corrected chi connectivity index (χ3v) is 6.98. The van der Waals surface area contributed by atoms with Gasteiger partial charge in [-0.15, -0.1) is 0 Å². The van der Waals surface area contributed by atoms with Crippen LogP contribution >= 0.6 is 11.6 Å². The Hall–Kier alpha value is -2.15. The SMILES string of the molecule is O=S(=O)(c1ccccc1Cl)N1CC=C(c2c[nH]c3cc(F)ccc23)CC1. The van der Waals surface area contributed by atoms with E-state index in [0.717, 1.165) is 22.0 Å². The van der Waals surface area contributed by atoms with E-state index < -0.39 is 10.0 Å². The molecule has 4 nitrogen and oxygen atoms in total. The van der Waals surface area contributed by atoms with Crippen molar-refractivity contribution in [3.8, 4) is 0 Å². The zero-order valence-corrected chi connectivity index (χ0v) is 15.3. The lowest BCUT2D eigenvalue weighted by atomic mass is 10.00. The van der Waals surface area contributed by atoms with Crippen molar-refractivity contribution < 1.29 is 12.8 Å². The molecule has 7 heteroatoms. The van der Waals surface area contributed by atoms with Crippen molar-refractivity contribution >= 4 is 38.1 Å². The lowest BCUT2D eigenvalue weighted by molar-refractivity contribution is 0.441. The molecule has 2 aromatic carbocycles. The summed E-state index contributed by atoms with van der Waals surface area (Å²) in [5.74, 6) is -0.291. The summed E-state index contributed by atoms with van der Waals surface area (Å²) in [4.78, 5) is 3.20. The minimum atomic E-state index is -3.63. The Morgan fingerprint density at radius 2 is 1.96 bits per heavy atom. The molecule has 0 bridgehead atoms. The summed E-state index contributed by atoms with van der Waals surface area (Å²) in [7, 11) is -3.63. The molecule has 0 fully saturated rings. The van der Waals surface area contributed by atoms with Gasteiger partial charge in [-0.25, -0.2) is 12.8 Å². The van der Waals surface area contributed by atoms with Gasteiger partial charge in [0.05, 0.1) is 5.02 Å². The van der Waals surface area contributed by atoms with Crippen LogP contribution in [0.4, 0.5) is 4.39 Å². The standard InChI is InChI=1S/C19H16ClFN2O2S/c20-17-3-1-2-4-19(17)26(24,25)23-9-7-13(8-10-23)16-12-22-18-11-14(21)5-6-15(16)18/h1-7,11-12,22H,8-10H2. The molecule has 0 aliphatic carbocycles. The van der Waals surface area contributed by atoms with Crippen LogP contribution in [0.3, 0.4) is 0 Å². The summed E-state index contributed by atoms with van der Waals surface area (Å²) in [5, 5.41) is 1.15. The first-order valence-corrected chi connectivity index (χ1v) is 9.99. The average Bonchev–Trinajstić information content (AvgIpc) is 3.05. The fraction of sp³-hybridized carbons (Fsp3) is 0.158. The van der Waals surface area contributed by atoms with E-state index in [0.29, 0.717) is 13.0 Å². The average molecular weight is 391 g/mol. The van der Waals surface area contributed by atoms with Crippen molar-refractivity contribution in [3.63, 3.8) is 0 Å². The summed E-state index contributed by atoms with van der Waals surface area (Å²) in [5.41, 5.74) is 2.76. The third-order valence-electron chi connectivity index (χ3n) is 4.62. The molecule has 2 heterocycles. The minimum absolute atomic E-state index is 0.126. The van der Waals surface area contributed by atoms with E-state index >= 15 is 0 Å². The van der Waals surface area contributed by atoms with Gasteiger partial charge in [0.15, 0.2) is 0 Å². The highest BCUT2D eigenvalue weighted by Gasteiger charge is 2.28. The number of aromatic nitrogens is 1. The Labute approximate surface area is 155 Å². The number of aromatic amines is 1. The third kappa shape index (κ3) is 2.94. The van der Waals surface area contributed by atoms with Crippen LogP contribution in [0.15, 0.2) is 59.6 Å². The molecule has 4 rings (SSSR count). The molecule has 1 N–H and O–H groups in total. The molecule has 1 aliphatic heterocycles. The molecule has 1 aromatic heterocycles. The van der Waals surface area contributed by atoms with E-state index in [1.54, 1.807) is 24.3 Å². The van der Waals surface area contributed by atoms with E-state index in [1.807, 2.05) is 12.3 Å². The second-order valence-corrected chi connectivity index (χ2v) is 8.48. The number of halogens is 2. The van der Waals surface area contributed by atoms with Gasteiger partial charge < -0.3 is 4.98 Å². The number of hydrogen-bond donors (Lipinski definition) is 1. The van der Waals surface area contributed by atoms with Crippen LogP contribution in [0.25, 0.3) is 16.5 Å². The van der Waals surface area contributed by atoms with Crippen LogP contribution in [0.2, 0.25) is 5.02 Å². The topological polar surface area (TPSA) is 53.2 Å². The molecule has 0 saturated heterocycles. The quantitative estimate of drug-likeness (QED) is 0.718. The summed E-state index contributed by atoms with van der Waals surface area (Å²) < 4.78 is 40.4. The van der Waals surface area contributed by atoms with Crippen molar-refractivity contribution in [3.05, 3.63) is 71.1 Å². The van der Waals surface area contributed by atoms with Gasteiger partial charge in [0.25, 0.3) is 0 Å². The van der Waals surface area contributed by atoms with Crippen LogP contribution < -0.4 is 0 Å². The number of hydrogen-bond acceptors (Lipinski definition) is 2. The first kappa shape index (κ1) is 17.3. The molecule has 0 saturated carbocycles. The second-order valence-electron chi connectivity index (χ2n) is 6.17. The van der Waals surface area contributed by atoms with Gasteiger partial charge in [0.2, 0.25) is 10.0 Å². The highest BCUT2D eigenvalue weighted by Crippen LogP contribution is 2.32. The van der Waals surface area contributed by atoms with Gasteiger partial charge in [-0.1, -0.05) is 29.8 Å². The number of nitrogens with one attached hydrogen (secondary N) is 1. The molecule has 26 heavy (non-hydrogen) atoms. The van der Waals surface area contributed by atoms with Crippen LogP contribution in [0, 0.1) is 5.82 Å². The molecular formula is C19H16ClFN2O2S. The van der Waals surface area contributed by atoms with Crippen LogP contribution in [-0.4, -0.2) is 30.8 Å². The molecule has 0 atom stereocenters. The Balaban J connectivity index is 1.63. The van der Waals surface area contributed by atoms with Crippen LogP contribution in [-0.2, 0) is 10.0 Å². The molecule has 0 radical (unpaired) electrons. The highest BCUT2D eigenvalue weighted by atomic mass is 35.5. The maximum atomic E-state index is 13.3. The molecule has 0 spiro atoms. The van der Waals surface area contributed by atoms with E-state index in [4.69, 9.17) is 11.6 Å². The number of sulfonamides is 1. The van der Waals surface area contributed by atoms with Crippen molar-refractivity contribution in [2.75, 3.05) is 13.1 Å². The number of benzene rings is 2. The molecular weight excluding hydrogens is 375 g/mol. The van der Waals surface area contributed by atoms with Gasteiger partial charge in [-0.2, -0.15) is 4.31 Å². The maximum Gasteiger partial charge on any atom is 0.244 e. The lowest BCUT2D eigenvalue weighted by Crippen LogP contribution is -2.34. The molecule has 3 aromatic rings. The summed E-state index contributed by atoms with van der Waals surface area (Å²) in [6, 6.07) is 11.1. The fourth-order valence-corrected chi connectivity index (χ4v) is 5.14. The van der Waals surface area contributed by atoms with E-state index in [9.17, 15) is 12.8 Å². The predicted molar refractivity (Wildman–Crippen MR) is 101 cm³/mol. The summed E-state index contributed by atoms with van der Waals surface area (Å²) in [6.07, 6.45) is 4.33. The summed E-state index contributed by atoms with van der Waals surface area (Å²) >= 11 is 6.06. The number of rotatable bonds is 3. The van der Waals surface area contributed by atoms with Gasteiger partial charge >= 0.3 is 0 Å². The number of fused-ring (bicyclic) bond motifs is 1. The number of H-pyrrole nitrogens is 1. The fourth-order valence-electron chi connectivity index (χ4n) is 3.27. The van der Waals surface area contributed by atoms with Gasteiger partial charge in [-0.3, -0.25) is 0 Å². The van der Waals surface area contributed by atoms with Crippen molar-refractivity contribution in [2.24, 2.45) is 0 Å². The van der Waals surface area contributed by atoms with E-state index in [-0.39, 0.29) is 22.3 Å². The number of nitrogens with zero attached hydrogens (tertiary/aromatic N) is 1. The molecule has 1 aliphatic rings. The highest BCUT2D eigenvalue weighted by molar-refractivity contribution is 7.89. The Bertz CT molecular complexity index is 1120. The van der Waals surface area contributed by atoms with E-state index in [1.165, 1.54) is 22.5 Å². The van der Waals surface area contributed by atoms with E-state index in [2.05, 4.69) is 4.98 Å². The smallest absolute Gasteiger partial charge is 0.244 e. The van der Waals surface area contributed by atoms with Gasteiger partial charge in [0, 0.05) is 35.8 Å². The van der Waals surface area contributed by atoms with Crippen molar-refractivity contribution in [1.29, 1.82) is 0 Å². The summed E-state index contributed by atoms with van der Waals surface area (Å²) in [6.45, 7) is 0.643. The Morgan fingerprint density at radius 3 is 2.69 bits per heavy atom. The van der Waals surface area contributed by atoms with Gasteiger partial charge in [0.1, 0.15) is 10.7 Å². The monoisotopic (exact) mass is 390 g/mol. The zero-order valence-electron chi connectivity index (χ0n) is 13.7. The predicted octanol–water partition coefficient (Wildman–Crippen LogP) is 4.44. The largest absolute Gasteiger partial charge is 0.360 e.